The van der Waals surface area contributed by atoms with Gasteiger partial charge in [0, 0.05) is 0 Å². The van der Waals surface area contributed by atoms with Crippen LogP contribution in [-0.4, -0.2) is 10.9 Å². The molecule has 0 radical (unpaired) electrons. The molecule has 1 atom stereocenters. The fourth-order valence-corrected chi connectivity index (χ4v) is 41.0. The molecule has 0 aliphatic heterocycles. The van der Waals surface area contributed by atoms with Crippen LogP contribution in [0, 0.1) is 0 Å². The molecule has 1 aliphatic carbocycles. The van der Waals surface area contributed by atoms with Crippen molar-refractivity contribution in [2.45, 2.75) is 43.4 Å². The Balaban J connectivity index is 0.00000180. The maximum absolute atomic E-state index is 3.60. The van der Waals surface area contributed by atoms with Crippen molar-refractivity contribution in [3.05, 3.63) is 39.8 Å². The molecule has 0 aromatic carbocycles. The van der Waals surface area contributed by atoms with E-state index >= 15 is 0 Å². The van der Waals surface area contributed by atoms with Gasteiger partial charge in [0.1, 0.15) is 0 Å². The monoisotopic (exact) mass is 409 g/mol. The van der Waals surface area contributed by atoms with Crippen molar-refractivity contribution >= 4 is 34.1 Å². The molecule has 1 unspecified atom stereocenters. The van der Waals surface area contributed by atoms with Crippen molar-refractivity contribution in [1.82, 2.24) is 4.98 Å². The fourth-order valence-electron chi connectivity index (χ4n) is 3.92. The fraction of sp³-hybridized carbons (Fsp3) is 0.467. The Morgan fingerprint density at radius 2 is 1.85 bits per heavy atom. The van der Waals surface area contributed by atoms with E-state index in [0.717, 1.165) is 0 Å². The Labute approximate surface area is 141 Å². The van der Waals surface area contributed by atoms with Crippen LogP contribution in [0.3, 0.4) is 0 Å². The average Bonchev–Trinajstić information content (AvgIpc) is 2.87. The van der Waals surface area contributed by atoms with Gasteiger partial charge in [0.2, 0.25) is 0 Å². The number of allylic oxidation sites excluding steroid dienone is 4. The average molecular weight is 412 g/mol. The van der Waals surface area contributed by atoms with Crippen molar-refractivity contribution in [3.63, 3.8) is 0 Å². The van der Waals surface area contributed by atoms with Crippen LogP contribution in [0.1, 0.15) is 27.2 Å². The molecule has 0 amide bonds. The van der Waals surface area contributed by atoms with Crippen LogP contribution in [0.15, 0.2) is 39.8 Å². The maximum Gasteiger partial charge on any atom is -0.147 e. The van der Waals surface area contributed by atoms with Crippen LogP contribution in [-0.2, 0) is 19.4 Å². The molecule has 1 N–H and O–H groups in total. The molecule has 0 saturated carbocycles. The van der Waals surface area contributed by atoms with Gasteiger partial charge in [-0.2, -0.15) is 0 Å². The number of aromatic nitrogens is 1. The van der Waals surface area contributed by atoms with Crippen molar-refractivity contribution in [3.8, 4) is 0 Å². The molecule has 2 rings (SSSR count). The third-order valence-electron chi connectivity index (χ3n) is 4.35. The molecule has 1 aliphatic rings. The van der Waals surface area contributed by atoms with Gasteiger partial charge in [-0.3, -0.25) is 0 Å². The van der Waals surface area contributed by atoms with E-state index in [0.29, 0.717) is 3.12 Å². The summed E-state index contributed by atoms with van der Waals surface area (Å²) in [4.78, 5) is 3.60. The third kappa shape index (κ3) is 3.27. The van der Waals surface area contributed by atoms with Gasteiger partial charge in [0.05, 0.1) is 0 Å². The quantitative estimate of drug-likeness (QED) is 0.695. The molecule has 1 aromatic rings. The zero-order valence-electron chi connectivity index (χ0n) is 13.1. The molecule has 1 nitrogen and oxygen atoms in total. The molecule has 0 fully saturated rings. The third-order valence-corrected chi connectivity index (χ3v) is 40.1. The number of hydrogen-bond acceptors (Lipinski definition) is 0. The van der Waals surface area contributed by atoms with E-state index in [1.54, 1.807) is 6.68 Å². The summed E-state index contributed by atoms with van der Waals surface area (Å²) in [5.74, 6) is -0.722. The summed E-state index contributed by atoms with van der Waals surface area (Å²) in [7, 11) is 0. The van der Waals surface area contributed by atoms with Gasteiger partial charge < -0.3 is 0 Å². The topological polar surface area (TPSA) is 15.8 Å². The maximum atomic E-state index is 3.60. The van der Waals surface area contributed by atoms with Gasteiger partial charge in [0.25, 0.3) is 0 Å². The molecule has 5 heteroatoms. The Morgan fingerprint density at radius 3 is 2.20 bits per heavy atom. The predicted molar refractivity (Wildman–Crippen MR) is 95.4 cm³/mol. The Morgan fingerprint density at radius 1 is 1.20 bits per heavy atom. The molecule has 1 aromatic heterocycles. The molecule has 114 valence electrons. The number of nitrogens with one attached hydrogen (secondary N) is 1. The first-order chi connectivity index (χ1) is 8.40. The smallest absolute Gasteiger partial charge is 0.147 e. The van der Waals surface area contributed by atoms with E-state index in [9.17, 15) is 0 Å². The summed E-state index contributed by atoms with van der Waals surface area (Å²) in [6, 6.07) is 4.56. The molecular weight excluding hydrogens is 384 g/mol. The summed E-state index contributed by atoms with van der Waals surface area (Å²) in [5, 5.41) is 0. The van der Waals surface area contributed by atoms with Crippen LogP contribution in [0.25, 0.3) is 0 Å². The minimum absolute atomic E-state index is 0. The number of halogens is 2. The second kappa shape index (κ2) is 7.63. The molecule has 20 heavy (non-hydrogen) atoms. The summed E-state index contributed by atoms with van der Waals surface area (Å²) in [5.41, 5.74) is 0. The number of aromatic amines is 1. The Kier molecular flexibility index (Phi) is 7.79. The van der Waals surface area contributed by atoms with Crippen molar-refractivity contribution in [1.29, 1.82) is 0 Å². The van der Waals surface area contributed by atoms with Crippen LogP contribution < -0.4 is 3.40 Å². The minimum Gasteiger partial charge on any atom is -0.147 e. The Hall–Kier alpha value is 0.440. The van der Waals surface area contributed by atoms with Crippen LogP contribution >= 0.6 is 24.8 Å². The van der Waals surface area contributed by atoms with Gasteiger partial charge >= 0.3 is 117 Å². The summed E-state index contributed by atoms with van der Waals surface area (Å²) in [6.45, 7) is 12.6. The Bertz CT molecular complexity index is 475. The zero-order valence-corrected chi connectivity index (χ0v) is 18.3. The van der Waals surface area contributed by atoms with Crippen molar-refractivity contribution in [2.75, 3.05) is 0 Å². The first-order valence-electron chi connectivity index (χ1n) is 6.90. The van der Waals surface area contributed by atoms with Crippen LogP contribution in [0.5, 0.6) is 0 Å². The van der Waals surface area contributed by atoms with E-state index in [4.69, 9.17) is 0 Å². The van der Waals surface area contributed by atoms with Gasteiger partial charge in [-0.15, -0.1) is 24.8 Å². The van der Waals surface area contributed by atoms with Crippen molar-refractivity contribution in [2.24, 2.45) is 0 Å². The predicted octanol–water partition coefficient (Wildman–Crippen LogP) is 4.68. The summed E-state index contributed by atoms with van der Waals surface area (Å²) < 4.78 is 3.88. The second-order valence-corrected chi connectivity index (χ2v) is 33.1. The number of H-pyrrole nitrogens is 1. The van der Waals surface area contributed by atoms with E-state index in [-0.39, 0.29) is 24.8 Å². The van der Waals surface area contributed by atoms with E-state index < -0.39 is 25.4 Å². The van der Waals surface area contributed by atoms with Gasteiger partial charge in [0.15, 0.2) is 0 Å². The van der Waals surface area contributed by atoms with Gasteiger partial charge in [-0.1, -0.05) is 0 Å². The molecule has 0 bridgehead atoms. The van der Waals surface area contributed by atoms with E-state index in [1.165, 1.54) is 6.42 Å². The molecule has 0 saturated heterocycles. The second-order valence-electron chi connectivity index (χ2n) is 6.62. The van der Waals surface area contributed by atoms with Gasteiger partial charge in [-0.25, -0.2) is 0 Å². The minimum atomic E-state index is -2.51. The molecular formula is C15H27Cl2NSiZr. The molecule has 0 spiro atoms. The van der Waals surface area contributed by atoms with Gasteiger partial charge in [-0.05, 0) is 0 Å². The largest absolute Gasteiger partial charge is 0.147 e. The molecule has 1 heterocycles. The van der Waals surface area contributed by atoms with Crippen LogP contribution in [0.4, 0.5) is 0 Å². The summed E-state index contributed by atoms with van der Waals surface area (Å²) >= 11 is -2.51. The number of rotatable bonds is 3. The standard InChI is InChI=1S/C5H5.C4H4N.C4H9.C2H7Si.2ClH.Zr/c2*1-2-4-5-3-1;1-4(2)3;1-3-2;;;/h1-3H,4H2;1-3,5H;1-3H3;3H,1-2H3;2*1H;. The first-order valence-corrected chi connectivity index (χ1v) is 17.7. The number of hydrogen-bond donors (Lipinski definition) is 1. The first kappa shape index (κ1) is 20.4. The summed E-state index contributed by atoms with van der Waals surface area (Å²) in [6.07, 6.45) is 10.4. The van der Waals surface area contributed by atoms with Crippen LogP contribution in [0.2, 0.25) is 16.2 Å². The van der Waals surface area contributed by atoms with E-state index in [2.05, 4.69) is 75.4 Å². The SMILES string of the molecule is C[SiH](C)[Zr]([C]1=CC=CC1)([c]1ccc[nH]1)[C](C)(C)C.Cl.Cl. The van der Waals surface area contributed by atoms with Crippen molar-refractivity contribution < 1.29 is 19.4 Å². The van der Waals surface area contributed by atoms with E-state index in [1.807, 2.05) is 0 Å². The normalized spacial score (nSPS) is 17.2. The zero-order chi connectivity index (χ0) is 13.4.